The van der Waals surface area contributed by atoms with E-state index in [1.807, 2.05) is 0 Å². The van der Waals surface area contributed by atoms with Gasteiger partial charge in [-0.1, -0.05) is 0 Å². The third-order valence-electron chi connectivity index (χ3n) is 2.87. The van der Waals surface area contributed by atoms with E-state index in [4.69, 9.17) is 15.2 Å². The first kappa shape index (κ1) is 12.7. The summed E-state index contributed by atoms with van der Waals surface area (Å²) in [4.78, 5) is 13.1. The zero-order valence-electron chi connectivity index (χ0n) is 8.61. The van der Waals surface area contributed by atoms with Crippen LogP contribution in [-0.2, 0) is 14.3 Å². The number of carbonyl (C=O) groups is 1. The van der Waals surface area contributed by atoms with Crippen molar-refractivity contribution in [1.82, 2.24) is 4.90 Å². The molecule has 2 aliphatic heterocycles. The molecule has 6 heteroatoms. The van der Waals surface area contributed by atoms with Gasteiger partial charge in [0.25, 0.3) is 0 Å². The van der Waals surface area contributed by atoms with Gasteiger partial charge < -0.3 is 20.1 Å². The highest BCUT2D eigenvalue weighted by molar-refractivity contribution is 5.85. The molecule has 0 aromatic rings. The summed E-state index contributed by atoms with van der Waals surface area (Å²) in [6.45, 7) is 2.82. The van der Waals surface area contributed by atoms with Crippen LogP contribution in [0.1, 0.15) is 12.8 Å². The fourth-order valence-corrected chi connectivity index (χ4v) is 2.01. The van der Waals surface area contributed by atoms with Crippen LogP contribution in [0.15, 0.2) is 0 Å². The van der Waals surface area contributed by atoms with Gasteiger partial charge in [0.05, 0.1) is 19.8 Å². The lowest BCUT2D eigenvalue weighted by atomic mass is 10.0. The summed E-state index contributed by atoms with van der Waals surface area (Å²) < 4.78 is 11.1. The molecule has 0 aromatic carbocycles. The van der Waals surface area contributed by atoms with E-state index in [0.717, 1.165) is 12.8 Å². The topological polar surface area (TPSA) is 64.8 Å². The summed E-state index contributed by atoms with van der Waals surface area (Å²) in [6, 6.07) is 0. The highest BCUT2D eigenvalue weighted by Crippen LogP contribution is 2.30. The van der Waals surface area contributed by atoms with Crippen molar-refractivity contribution < 1.29 is 14.3 Å². The predicted molar refractivity (Wildman–Crippen MR) is 56.8 cm³/mol. The Hall–Kier alpha value is -0.360. The number of hydrogen-bond acceptors (Lipinski definition) is 4. The molecule has 0 unspecified atom stereocenters. The second kappa shape index (κ2) is 5.12. The molecule has 2 heterocycles. The largest absolute Gasteiger partial charge is 0.347 e. The molecular weight excluding hydrogens is 220 g/mol. The quantitative estimate of drug-likeness (QED) is 0.681. The molecule has 88 valence electrons. The summed E-state index contributed by atoms with van der Waals surface area (Å²) in [7, 11) is 0. The van der Waals surface area contributed by atoms with Crippen LogP contribution in [0.25, 0.3) is 0 Å². The third kappa shape index (κ3) is 2.60. The Balaban J connectivity index is 0.00000112. The average Bonchev–Trinajstić information content (AvgIpc) is 2.67. The number of nitrogens with two attached hydrogens (primary N) is 1. The molecule has 0 bridgehead atoms. The van der Waals surface area contributed by atoms with Crippen LogP contribution >= 0.6 is 12.4 Å². The number of halogens is 1. The van der Waals surface area contributed by atoms with Crippen molar-refractivity contribution in [3.8, 4) is 0 Å². The fraction of sp³-hybridized carbons (Fsp3) is 0.889. The molecular formula is C9H17ClN2O3. The van der Waals surface area contributed by atoms with E-state index in [1.54, 1.807) is 4.90 Å². The second-order valence-corrected chi connectivity index (χ2v) is 3.69. The minimum atomic E-state index is -0.397. The first-order valence-corrected chi connectivity index (χ1v) is 5.01. The van der Waals surface area contributed by atoms with E-state index >= 15 is 0 Å². The van der Waals surface area contributed by atoms with Gasteiger partial charge in [0.2, 0.25) is 5.91 Å². The molecule has 5 nitrogen and oxygen atoms in total. The summed E-state index contributed by atoms with van der Waals surface area (Å²) in [6.07, 6.45) is 1.53. The standard InChI is InChI=1S/C9H16N2O3.ClH/c10-7-8(12)11-3-1-9(2-4-11)13-5-6-14-9;/h1-7,10H2;1H. The summed E-state index contributed by atoms with van der Waals surface area (Å²) in [5.41, 5.74) is 5.29. The molecule has 0 atom stereocenters. The Kier molecular flexibility index (Phi) is 4.33. The third-order valence-corrected chi connectivity index (χ3v) is 2.87. The maximum absolute atomic E-state index is 11.3. The molecule has 0 saturated carbocycles. The van der Waals surface area contributed by atoms with Crippen LogP contribution in [0.3, 0.4) is 0 Å². The highest BCUT2D eigenvalue weighted by Gasteiger charge is 2.40. The van der Waals surface area contributed by atoms with Crippen LogP contribution < -0.4 is 5.73 Å². The number of nitrogens with zero attached hydrogens (tertiary/aromatic N) is 1. The average molecular weight is 237 g/mol. The van der Waals surface area contributed by atoms with Gasteiger partial charge >= 0.3 is 0 Å². The van der Waals surface area contributed by atoms with E-state index in [-0.39, 0.29) is 24.9 Å². The van der Waals surface area contributed by atoms with E-state index in [9.17, 15) is 4.79 Å². The van der Waals surface area contributed by atoms with Crippen molar-refractivity contribution in [2.75, 3.05) is 32.8 Å². The molecule has 0 aliphatic carbocycles. The van der Waals surface area contributed by atoms with Crippen LogP contribution in [0.2, 0.25) is 0 Å². The smallest absolute Gasteiger partial charge is 0.236 e. The summed E-state index contributed by atoms with van der Waals surface area (Å²) in [5, 5.41) is 0. The van der Waals surface area contributed by atoms with E-state index < -0.39 is 5.79 Å². The zero-order valence-corrected chi connectivity index (χ0v) is 9.42. The number of likely N-dealkylation sites (tertiary alicyclic amines) is 1. The van der Waals surface area contributed by atoms with E-state index in [1.165, 1.54) is 0 Å². The minimum Gasteiger partial charge on any atom is -0.347 e. The molecule has 2 saturated heterocycles. The molecule has 0 radical (unpaired) electrons. The maximum Gasteiger partial charge on any atom is 0.236 e. The fourth-order valence-electron chi connectivity index (χ4n) is 2.01. The molecule has 2 rings (SSSR count). The Labute approximate surface area is 95.3 Å². The number of carbonyl (C=O) groups excluding carboxylic acids is 1. The number of piperidine rings is 1. The van der Waals surface area contributed by atoms with Gasteiger partial charge in [0.1, 0.15) is 0 Å². The number of rotatable bonds is 1. The monoisotopic (exact) mass is 236 g/mol. The van der Waals surface area contributed by atoms with Gasteiger partial charge in [-0.15, -0.1) is 12.4 Å². The number of ether oxygens (including phenoxy) is 2. The van der Waals surface area contributed by atoms with Gasteiger partial charge in [0, 0.05) is 25.9 Å². The number of hydrogen-bond donors (Lipinski definition) is 1. The van der Waals surface area contributed by atoms with Crippen molar-refractivity contribution in [2.24, 2.45) is 5.73 Å². The Bertz CT molecular complexity index is 221. The summed E-state index contributed by atoms with van der Waals surface area (Å²) in [5.74, 6) is -0.386. The minimum absolute atomic E-state index is 0. The molecule has 1 spiro atoms. The molecule has 1 amide bonds. The van der Waals surface area contributed by atoms with E-state index in [0.29, 0.717) is 26.3 Å². The van der Waals surface area contributed by atoms with Crippen molar-refractivity contribution in [2.45, 2.75) is 18.6 Å². The molecule has 2 N–H and O–H groups in total. The van der Waals surface area contributed by atoms with Crippen LogP contribution in [0, 0.1) is 0 Å². The van der Waals surface area contributed by atoms with Crippen LogP contribution in [-0.4, -0.2) is 49.4 Å². The van der Waals surface area contributed by atoms with Crippen LogP contribution in [0.5, 0.6) is 0 Å². The molecule has 2 fully saturated rings. The van der Waals surface area contributed by atoms with Crippen molar-refractivity contribution in [3.05, 3.63) is 0 Å². The van der Waals surface area contributed by atoms with Crippen molar-refractivity contribution >= 4 is 18.3 Å². The highest BCUT2D eigenvalue weighted by atomic mass is 35.5. The zero-order chi connectivity index (χ0) is 10.0. The SMILES string of the molecule is Cl.NCC(=O)N1CCC2(CC1)OCCO2. The van der Waals surface area contributed by atoms with Gasteiger partial charge in [-0.25, -0.2) is 0 Å². The predicted octanol–water partition coefficient (Wildman–Crippen LogP) is -0.268. The Morgan fingerprint density at radius 1 is 1.27 bits per heavy atom. The Morgan fingerprint density at radius 3 is 2.27 bits per heavy atom. The molecule has 15 heavy (non-hydrogen) atoms. The normalized spacial score (nSPS) is 23.9. The lowest BCUT2D eigenvalue weighted by molar-refractivity contribution is -0.187. The van der Waals surface area contributed by atoms with Gasteiger partial charge in [-0.3, -0.25) is 4.79 Å². The first-order chi connectivity index (χ1) is 6.76. The van der Waals surface area contributed by atoms with E-state index in [2.05, 4.69) is 0 Å². The maximum atomic E-state index is 11.3. The van der Waals surface area contributed by atoms with Crippen molar-refractivity contribution in [1.29, 1.82) is 0 Å². The molecule has 2 aliphatic rings. The summed E-state index contributed by atoms with van der Waals surface area (Å²) >= 11 is 0. The first-order valence-electron chi connectivity index (χ1n) is 5.01. The lowest BCUT2D eigenvalue weighted by Crippen LogP contribution is -2.48. The second-order valence-electron chi connectivity index (χ2n) is 3.69. The van der Waals surface area contributed by atoms with Gasteiger partial charge in [0.15, 0.2) is 5.79 Å². The number of amides is 1. The molecule has 0 aromatic heterocycles. The van der Waals surface area contributed by atoms with Gasteiger partial charge in [-0.2, -0.15) is 0 Å². The lowest BCUT2D eigenvalue weighted by Gasteiger charge is -2.37. The van der Waals surface area contributed by atoms with Gasteiger partial charge in [-0.05, 0) is 0 Å². The van der Waals surface area contributed by atoms with Crippen LogP contribution in [0.4, 0.5) is 0 Å². The van der Waals surface area contributed by atoms with Crippen molar-refractivity contribution in [3.63, 3.8) is 0 Å². The Morgan fingerprint density at radius 2 is 1.80 bits per heavy atom.